The van der Waals surface area contributed by atoms with E-state index in [4.69, 9.17) is 14.6 Å². The molecule has 2 fully saturated rings. The van der Waals surface area contributed by atoms with Crippen LogP contribution in [0.4, 0.5) is 4.39 Å². The van der Waals surface area contributed by atoms with E-state index in [1.54, 1.807) is 26.3 Å². The number of hydrogen-bond donors (Lipinski definition) is 4. The number of aliphatic hydroxyl groups excluding tert-OH is 2. The molecule has 1 saturated carbocycles. The van der Waals surface area contributed by atoms with Crippen molar-refractivity contribution in [2.75, 3.05) is 33.0 Å². The van der Waals surface area contributed by atoms with Gasteiger partial charge in [-0.1, -0.05) is 32.9 Å². The number of carbonyl (C=O) groups excluding carboxylic acids is 3. The number of rotatable bonds is 13. The topological polar surface area (TPSA) is 150 Å². The van der Waals surface area contributed by atoms with E-state index in [2.05, 4.69) is 15.6 Å². The van der Waals surface area contributed by atoms with Gasteiger partial charge in [-0.15, -0.1) is 11.3 Å². The lowest BCUT2D eigenvalue weighted by Crippen LogP contribution is -2.59. The number of ether oxygens (including phenoxy) is 2. The van der Waals surface area contributed by atoms with E-state index in [0.717, 1.165) is 16.1 Å². The van der Waals surface area contributed by atoms with Gasteiger partial charge < -0.3 is 35.2 Å². The second-order valence-electron chi connectivity index (χ2n) is 12.1. The van der Waals surface area contributed by atoms with E-state index < -0.39 is 47.0 Å². The lowest BCUT2D eigenvalue weighted by Gasteiger charge is -2.35. The minimum Gasteiger partial charge on any atom is -0.491 e. The summed E-state index contributed by atoms with van der Waals surface area (Å²) in [7, 11) is 0. The molecule has 1 aliphatic heterocycles. The van der Waals surface area contributed by atoms with E-state index in [1.165, 1.54) is 16.2 Å². The SMILES string of the molecule is Cc1ncsc1-c1ccc(CNC(=O)[C@@H]2C[C@@H](O)CN2C(=O)C(NC(=O)C2(F)CC2)C(C)(C)C)c(OCCOCCO)c1. The first-order valence-electron chi connectivity index (χ1n) is 14.4. The average Bonchev–Trinajstić information content (AvgIpc) is 3.37. The number of hydrogen-bond acceptors (Lipinski definition) is 9. The fourth-order valence-electron chi connectivity index (χ4n) is 4.95. The second-order valence-corrected chi connectivity index (χ2v) is 13.0. The van der Waals surface area contributed by atoms with Crippen LogP contribution in [0.3, 0.4) is 0 Å². The summed E-state index contributed by atoms with van der Waals surface area (Å²) in [6.45, 7) is 7.79. The van der Waals surface area contributed by atoms with Crippen LogP contribution < -0.4 is 15.4 Å². The van der Waals surface area contributed by atoms with Gasteiger partial charge in [0.1, 0.15) is 24.4 Å². The van der Waals surface area contributed by atoms with Crippen LogP contribution >= 0.6 is 11.3 Å². The molecule has 2 heterocycles. The number of halogens is 1. The number of nitrogens with zero attached hydrogens (tertiary/aromatic N) is 2. The van der Waals surface area contributed by atoms with E-state index in [0.29, 0.717) is 11.3 Å². The average molecular weight is 621 g/mol. The maximum absolute atomic E-state index is 14.4. The van der Waals surface area contributed by atoms with Crippen LogP contribution in [0.25, 0.3) is 10.4 Å². The zero-order valence-corrected chi connectivity index (χ0v) is 25.8. The molecule has 3 amide bonds. The van der Waals surface area contributed by atoms with Crippen molar-refractivity contribution in [1.29, 1.82) is 0 Å². The molecule has 2 aliphatic rings. The van der Waals surface area contributed by atoms with Gasteiger partial charge in [-0.05, 0) is 36.8 Å². The summed E-state index contributed by atoms with van der Waals surface area (Å²) >= 11 is 1.51. The van der Waals surface area contributed by atoms with Crippen LogP contribution in [-0.2, 0) is 25.7 Å². The molecule has 1 aromatic heterocycles. The Morgan fingerprint density at radius 1 is 1.23 bits per heavy atom. The molecule has 4 rings (SSSR count). The van der Waals surface area contributed by atoms with Crippen molar-refractivity contribution in [2.45, 2.75) is 77.4 Å². The van der Waals surface area contributed by atoms with E-state index in [1.807, 2.05) is 25.1 Å². The molecule has 0 spiro atoms. The number of benzene rings is 1. The third-order valence-corrected chi connectivity index (χ3v) is 8.58. The maximum atomic E-state index is 14.4. The predicted molar refractivity (Wildman–Crippen MR) is 158 cm³/mol. The number of aryl methyl sites for hydroxylation is 1. The van der Waals surface area contributed by atoms with Crippen LogP contribution in [0.15, 0.2) is 23.7 Å². The van der Waals surface area contributed by atoms with Crippen LogP contribution in [0.2, 0.25) is 0 Å². The van der Waals surface area contributed by atoms with Gasteiger partial charge in [-0.2, -0.15) is 0 Å². The van der Waals surface area contributed by atoms with Gasteiger partial charge in [-0.3, -0.25) is 14.4 Å². The summed E-state index contributed by atoms with van der Waals surface area (Å²) in [4.78, 5) is 46.2. The van der Waals surface area contributed by atoms with Crippen molar-refractivity contribution in [3.05, 3.63) is 35.0 Å². The lowest BCUT2D eigenvalue weighted by atomic mass is 9.85. The van der Waals surface area contributed by atoms with Crippen molar-refractivity contribution in [3.63, 3.8) is 0 Å². The molecular weight excluding hydrogens is 579 g/mol. The first-order valence-corrected chi connectivity index (χ1v) is 15.3. The molecule has 0 bridgehead atoms. The van der Waals surface area contributed by atoms with E-state index in [-0.39, 0.29) is 58.8 Å². The van der Waals surface area contributed by atoms with Gasteiger partial charge >= 0.3 is 0 Å². The molecule has 43 heavy (non-hydrogen) atoms. The second kappa shape index (κ2) is 13.7. The Morgan fingerprint density at radius 3 is 2.60 bits per heavy atom. The van der Waals surface area contributed by atoms with Gasteiger partial charge in [0, 0.05) is 25.1 Å². The molecule has 13 heteroatoms. The van der Waals surface area contributed by atoms with Crippen molar-refractivity contribution < 1.29 is 38.5 Å². The fourth-order valence-corrected chi connectivity index (χ4v) is 5.75. The minimum atomic E-state index is -1.95. The highest BCUT2D eigenvalue weighted by molar-refractivity contribution is 7.13. The van der Waals surface area contributed by atoms with Crippen molar-refractivity contribution in [1.82, 2.24) is 20.5 Å². The van der Waals surface area contributed by atoms with Gasteiger partial charge in [0.2, 0.25) is 11.8 Å². The Morgan fingerprint density at radius 2 is 1.98 bits per heavy atom. The van der Waals surface area contributed by atoms with Crippen molar-refractivity contribution in [3.8, 4) is 16.2 Å². The van der Waals surface area contributed by atoms with Gasteiger partial charge in [-0.25, -0.2) is 9.37 Å². The lowest BCUT2D eigenvalue weighted by molar-refractivity contribution is -0.145. The first-order chi connectivity index (χ1) is 20.3. The summed E-state index contributed by atoms with van der Waals surface area (Å²) in [5.74, 6) is -1.30. The molecule has 2 aromatic rings. The third kappa shape index (κ3) is 8.08. The number of aromatic nitrogens is 1. The molecule has 1 saturated heterocycles. The largest absolute Gasteiger partial charge is 0.491 e. The summed E-state index contributed by atoms with van der Waals surface area (Å²) in [5.41, 5.74) is 1.53. The molecule has 1 aliphatic carbocycles. The van der Waals surface area contributed by atoms with Crippen molar-refractivity contribution in [2.24, 2.45) is 5.41 Å². The monoisotopic (exact) mass is 620 g/mol. The number of β-amino-alcohol motifs (C(OH)–C–C–N with tert-alkyl or cyclic N) is 1. The zero-order valence-electron chi connectivity index (χ0n) is 25.0. The fraction of sp³-hybridized carbons (Fsp3) is 0.600. The molecule has 4 N–H and O–H groups in total. The smallest absolute Gasteiger partial charge is 0.258 e. The number of aliphatic hydroxyl groups is 2. The van der Waals surface area contributed by atoms with Crippen LogP contribution in [0.5, 0.6) is 5.75 Å². The molecule has 11 nitrogen and oxygen atoms in total. The first kappa shape index (κ1) is 32.8. The number of thiazole rings is 1. The van der Waals surface area contributed by atoms with Crippen LogP contribution in [0, 0.1) is 12.3 Å². The molecule has 0 radical (unpaired) electrons. The predicted octanol–water partition coefficient (Wildman–Crippen LogP) is 2.12. The highest BCUT2D eigenvalue weighted by Crippen LogP contribution is 2.40. The number of likely N-dealkylation sites (tertiary alicyclic amines) is 1. The maximum Gasteiger partial charge on any atom is 0.258 e. The van der Waals surface area contributed by atoms with Gasteiger partial charge in [0.25, 0.3) is 5.91 Å². The molecule has 1 unspecified atom stereocenters. The summed E-state index contributed by atoms with van der Waals surface area (Å²) in [6.07, 6.45) is -0.663. The number of alkyl halides is 1. The summed E-state index contributed by atoms with van der Waals surface area (Å²) in [5, 5.41) is 24.8. The van der Waals surface area contributed by atoms with Crippen LogP contribution in [0.1, 0.15) is 51.3 Å². The molecule has 3 atom stereocenters. The molecule has 1 aromatic carbocycles. The Labute approximate surface area is 254 Å². The highest BCUT2D eigenvalue weighted by Gasteiger charge is 2.53. The Kier molecular flexibility index (Phi) is 10.4. The van der Waals surface area contributed by atoms with E-state index >= 15 is 0 Å². The van der Waals surface area contributed by atoms with E-state index in [9.17, 15) is 23.9 Å². The summed E-state index contributed by atoms with van der Waals surface area (Å²) < 4.78 is 25.7. The Balaban J connectivity index is 1.47. The molecular formula is C30H41FN4O7S. The quantitative estimate of drug-likeness (QED) is 0.249. The number of amides is 3. The normalized spacial score (nSPS) is 20.0. The Hall–Kier alpha value is -3.13. The van der Waals surface area contributed by atoms with Gasteiger partial charge in [0.15, 0.2) is 5.67 Å². The minimum absolute atomic E-state index is 0.0323. The van der Waals surface area contributed by atoms with Gasteiger partial charge in [0.05, 0.1) is 42.0 Å². The summed E-state index contributed by atoms with van der Waals surface area (Å²) in [6, 6.07) is 3.59. The Bertz CT molecular complexity index is 1310. The molecule has 236 valence electrons. The van der Waals surface area contributed by atoms with Crippen LogP contribution in [-0.4, -0.2) is 94.6 Å². The zero-order chi connectivity index (χ0) is 31.4. The number of carbonyl (C=O) groups is 3. The highest BCUT2D eigenvalue weighted by atomic mass is 32.1. The standard InChI is InChI=1S/C30H41FN4O7S/c1-18-24(43-17-33-18)19-5-6-20(23(13-19)42-12-11-41-10-9-36)15-32-26(38)22-14-21(37)16-35(22)27(39)25(29(2,3)4)34-28(40)30(31)7-8-30/h5-6,13,17,21-22,25,36-37H,7-12,14-16H2,1-4H3,(H,32,38)(H,34,40)/t21-,22+,25?/m1/s1. The van der Waals surface area contributed by atoms with Crippen molar-refractivity contribution >= 4 is 29.1 Å². The number of nitrogens with one attached hydrogen (secondary N) is 2. The third-order valence-electron chi connectivity index (χ3n) is 7.60.